The Bertz CT molecular complexity index is 1430. The van der Waals surface area contributed by atoms with Crippen LogP contribution < -0.4 is 15.7 Å². The predicted octanol–water partition coefficient (Wildman–Crippen LogP) is 3.58. The number of hydrazine groups is 1. The first-order valence-electron chi connectivity index (χ1n) is 10.5. The molecule has 4 rings (SSSR count). The number of aryl methyl sites for hydroxylation is 1. The van der Waals surface area contributed by atoms with Gasteiger partial charge in [0, 0.05) is 22.0 Å². The maximum absolute atomic E-state index is 13.1. The van der Waals surface area contributed by atoms with Gasteiger partial charge in [-0.3, -0.25) is 20.4 Å². The summed E-state index contributed by atoms with van der Waals surface area (Å²) in [7, 11) is -4.01. The van der Waals surface area contributed by atoms with Crippen LogP contribution in [0.4, 0.5) is 4.39 Å². The lowest BCUT2D eigenvalue weighted by atomic mass is 9.93. The summed E-state index contributed by atoms with van der Waals surface area (Å²) < 4.78 is 44.5. The molecule has 2 amide bonds. The Morgan fingerprint density at radius 2 is 1.71 bits per heavy atom. The summed E-state index contributed by atoms with van der Waals surface area (Å²) >= 11 is 3.28. The molecule has 2 aromatic carbocycles. The summed E-state index contributed by atoms with van der Waals surface area (Å²) in [5.74, 6) is -1.26. The normalized spacial score (nSPS) is 14.3. The van der Waals surface area contributed by atoms with Crippen LogP contribution in [0.2, 0.25) is 0 Å². The summed E-state index contributed by atoms with van der Waals surface area (Å²) in [6.07, 6.45) is 1.63. The number of amides is 2. The van der Waals surface area contributed by atoms with Gasteiger partial charge in [0.05, 0.1) is 16.2 Å². The molecule has 0 aliphatic heterocycles. The number of nitrogens with one attached hydrogen (secondary N) is 3. The van der Waals surface area contributed by atoms with E-state index in [9.17, 15) is 22.4 Å². The third-order valence-electron chi connectivity index (χ3n) is 5.36. The molecule has 1 aliphatic rings. The number of hydrogen-bond donors (Lipinski definition) is 3. The minimum Gasteiger partial charge on any atom is -0.455 e. The zero-order valence-electron chi connectivity index (χ0n) is 18.4. The van der Waals surface area contributed by atoms with Crippen LogP contribution in [-0.2, 0) is 16.4 Å². The van der Waals surface area contributed by atoms with Crippen LogP contribution in [-0.4, -0.2) is 25.9 Å². The van der Waals surface area contributed by atoms with Gasteiger partial charge in [-0.1, -0.05) is 12.1 Å². The lowest BCUT2D eigenvalue weighted by molar-refractivity contribution is 0.0829. The molecule has 1 heterocycles. The quantitative estimate of drug-likeness (QED) is 0.409. The van der Waals surface area contributed by atoms with Gasteiger partial charge >= 0.3 is 5.91 Å². The van der Waals surface area contributed by atoms with Crippen molar-refractivity contribution in [3.63, 3.8) is 0 Å². The predicted molar refractivity (Wildman–Crippen MR) is 129 cm³/mol. The highest BCUT2D eigenvalue weighted by Gasteiger charge is 2.28. The maximum atomic E-state index is 13.1. The average Bonchev–Trinajstić information content (AvgIpc) is 3.19. The van der Waals surface area contributed by atoms with Crippen molar-refractivity contribution in [1.82, 2.24) is 15.7 Å². The number of hydrogen-bond acceptors (Lipinski definition) is 6. The van der Waals surface area contributed by atoms with E-state index in [1.165, 1.54) is 0 Å². The molecule has 9 nitrogen and oxygen atoms in total. The first-order chi connectivity index (χ1) is 16.7. The molecule has 0 bridgehead atoms. The number of furan rings is 1. The van der Waals surface area contributed by atoms with Crippen molar-refractivity contribution in [1.29, 1.82) is 0 Å². The number of rotatable bonds is 5. The topological polar surface area (TPSA) is 130 Å². The molecule has 1 aliphatic carbocycles. The molecule has 35 heavy (non-hydrogen) atoms. The number of carbonyl (C=O) groups is 2. The van der Waals surface area contributed by atoms with E-state index in [4.69, 9.17) is 4.42 Å². The zero-order chi connectivity index (χ0) is 25.2. The van der Waals surface area contributed by atoms with Crippen LogP contribution in [0, 0.1) is 12.7 Å². The summed E-state index contributed by atoms with van der Waals surface area (Å²) in [5.41, 5.74) is 6.44. The smallest absolute Gasteiger partial charge is 0.305 e. The van der Waals surface area contributed by atoms with E-state index in [-0.39, 0.29) is 10.7 Å². The number of hydrazone groups is 1. The minimum atomic E-state index is -4.01. The molecule has 3 N–H and O–H groups in total. The van der Waals surface area contributed by atoms with Crippen LogP contribution in [0.3, 0.4) is 0 Å². The van der Waals surface area contributed by atoms with Gasteiger partial charge < -0.3 is 4.42 Å². The van der Waals surface area contributed by atoms with Gasteiger partial charge in [0.1, 0.15) is 11.6 Å². The van der Waals surface area contributed by atoms with Gasteiger partial charge in [-0.25, -0.2) is 4.39 Å². The van der Waals surface area contributed by atoms with Crippen molar-refractivity contribution in [3.8, 4) is 0 Å². The Balaban J connectivity index is 1.52. The van der Waals surface area contributed by atoms with Gasteiger partial charge in [0.25, 0.3) is 15.9 Å². The Labute approximate surface area is 208 Å². The SMILES string of the molecule is Cc1c(C(=O)NNC(=O)c2ccccc2Br)oc2c1/C(=N/NS(=O)(=O)c1ccc(F)cc1)CCC2. The summed E-state index contributed by atoms with van der Waals surface area (Å²) in [6, 6.07) is 11.1. The lowest BCUT2D eigenvalue weighted by Gasteiger charge is -2.14. The van der Waals surface area contributed by atoms with Crippen molar-refractivity contribution >= 4 is 43.5 Å². The summed E-state index contributed by atoms with van der Waals surface area (Å²) in [5, 5.41) is 4.07. The fourth-order valence-corrected chi connectivity index (χ4v) is 4.96. The Morgan fingerprint density at radius 3 is 2.43 bits per heavy atom. The second-order valence-electron chi connectivity index (χ2n) is 7.70. The molecule has 0 saturated carbocycles. The second kappa shape index (κ2) is 10.0. The molecule has 0 atom stereocenters. The van der Waals surface area contributed by atoms with E-state index in [2.05, 4.69) is 36.7 Å². The van der Waals surface area contributed by atoms with Gasteiger partial charge in [0.2, 0.25) is 0 Å². The molecule has 1 aromatic heterocycles. The molecule has 0 unspecified atom stereocenters. The Kier molecular flexibility index (Phi) is 7.03. The molecular formula is C23H20BrFN4O5S. The minimum absolute atomic E-state index is 0.0154. The van der Waals surface area contributed by atoms with Crippen molar-refractivity contribution in [2.24, 2.45) is 5.10 Å². The van der Waals surface area contributed by atoms with E-state index >= 15 is 0 Å². The number of sulfonamides is 1. The lowest BCUT2D eigenvalue weighted by Crippen LogP contribution is -2.41. The van der Waals surface area contributed by atoms with Crippen molar-refractivity contribution in [3.05, 3.63) is 87.0 Å². The number of fused-ring (bicyclic) bond motifs is 1. The van der Waals surface area contributed by atoms with E-state index < -0.39 is 27.7 Å². The molecule has 3 aromatic rings. The largest absolute Gasteiger partial charge is 0.455 e. The van der Waals surface area contributed by atoms with Gasteiger partial charge in [-0.05, 0) is 72.1 Å². The van der Waals surface area contributed by atoms with Crippen LogP contribution in [0.1, 0.15) is 50.6 Å². The first-order valence-corrected chi connectivity index (χ1v) is 12.8. The highest BCUT2D eigenvalue weighted by atomic mass is 79.9. The van der Waals surface area contributed by atoms with Gasteiger partial charge in [-0.15, -0.1) is 0 Å². The molecule has 0 saturated heterocycles. The molecule has 0 spiro atoms. The Morgan fingerprint density at radius 1 is 1.03 bits per heavy atom. The number of benzene rings is 2. The van der Waals surface area contributed by atoms with Crippen LogP contribution >= 0.6 is 15.9 Å². The van der Waals surface area contributed by atoms with Crippen LogP contribution in [0.5, 0.6) is 0 Å². The molecule has 12 heteroatoms. The third-order valence-corrected chi connectivity index (χ3v) is 7.28. The van der Waals surface area contributed by atoms with Gasteiger partial charge in [0.15, 0.2) is 5.76 Å². The Hall–Kier alpha value is -3.51. The van der Waals surface area contributed by atoms with Crippen LogP contribution in [0.25, 0.3) is 0 Å². The number of halogens is 2. The molecule has 0 radical (unpaired) electrons. The monoisotopic (exact) mass is 562 g/mol. The summed E-state index contributed by atoms with van der Waals surface area (Å²) in [6.45, 7) is 1.65. The summed E-state index contributed by atoms with van der Waals surface area (Å²) in [4.78, 5) is 27.1. The highest BCUT2D eigenvalue weighted by Crippen LogP contribution is 2.30. The van der Waals surface area contributed by atoms with Crippen molar-refractivity contribution in [2.45, 2.75) is 31.1 Å². The average molecular weight is 563 g/mol. The molecular weight excluding hydrogens is 543 g/mol. The van der Waals surface area contributed by atoms with E-state index in [0.29, 0.717) is 51.9 Å². The van der Waals surface area contributed by atoms with Crippen molar-refractivity contribution < 1.29 is 26.8 Å². The maximum Gasteiger partial charge on any atom is 0.305 e. The van der Waals surface area contributed by atoms with Crippen molar-refractivity contribution in [2.75, 3.05) is 0 Å². The zero-order valence-corrected chi connectivity index (χ0v) is 20.8. The van der Waals surface area contributed by atoms with Crippen LogP contribution in [0.15, 0.2) is 67.4 Å². The van der Waals surface area contributed by atoms with E-state index in [0.717, 1.165) is 24.3 Å². The second-order valence-corrected chi connectivity index (χ2v) is 10.2. The van der Waals surface area contributed by atoms with E-state index in [1.807, 2.05) is 0 Å². The molecule has 0 fully saturated rings. The van der Waals surface area contributed by atoms with Gasteiger partial charge in [-0.2, -0.15) is 18.4 Å². The third kappa shape index (κ3) is 5.28. The number of nitrogens with zero attached hydrogens (tertiary/aromatic N) is 1. The number of carbonyl (C=O) groups excluding carboxylic acids is 2. The fourth-order valence-electron chi connectivity index (χ4n) is 3.66. The fraction of sp³-hybridized carbons (Fsp3) is 0.174. The highest BCUT2D eigenvalue weighted by molar-refractivity contribution is 9.10. The first kappa shape index (κ1) is 24.6. The molecule has 182 valence electrons. The van der Waals surface area contributed by atoms with E-state index in [1.54, 1.807) is 31.2 Å². The standard InChI is InChI=1S/C23H20BrFN4O5S/c1-13-20-18(26-29-35(32,33)15-11-9-14(25)10-12-15)7-4-8-19(20)34-21(13)23(31)28-27-22(30)16-5-2-3-6-17(16)24/h2-3,5-6,9-12,29H,4,7-8H2,1H3,(H,27,30)(H,28,31)/b26-18+.